The van der Waals surface area contributed by atoms with Crippen LogP contribution in [0.5, 0.6) is 0 Å². The van der Waals surface area contributed by atoms with Crippen LogP contribution in [0.1, 0.15) is 33.4 Å². The summed E-state index contributed by atoms with van der Waals surface area (Å²) in [5.74, 6) is -0.297. The third-order valence-electron chi connectivity index (χ3n) is 5.16. The highest BCUT2D eigenvalue weighted by atomic mass is 19.1. The van der Waals surface area contributed by atoms with Gasteiger partial charge in [-0.3, -0.25) is 9.78 Å². The second kappa shape index (κ2) is 7.56. The topological polar surface area (TPSA) is 47.4 Å². The second-order valence-electron chi connectivity index (χ2n) is 6.99. The predicted molar refractivity (Wildman–Crippen MR) is 104 cm³/mol. The quantitative estimate of drug-likeness (QED) is 0.695. The molecule has 1 fully saturated rings. The molecule has 0 radical (unpaired) electrons. The van der Waals surface area contributed by atoms with Crippen LogP contribution in [-0.2, 0) is 4.74 Å². The molecule has 144 valence electrons. The van der Waals surface area contributed by atoms with Crippen LogP contribution in [0.4, 0.5) is 4.39 Å². The monoisotopic (exact) mass is 379 g/mol. The van der Waals surface area contributed by atoms with Gasteiger partial charge in [0.25, 0.3) is 5.91 Å². The summed E-state index contributed by atoms with van der Waals surface area (Å²) in [6.07, 6.45) is 3.26. The number of pyridine rings is 1. The Kier molecular flexibility index (Phi) is 4.96. The molecule has 0 N–H and O–H groups in total. The summed E-state index contributed by atoms with van der Waals surface area (Å²) in [7, 11) is 0. The average Bonchev–Trinajstić information content (AvgIpc) is 3.02. The van der Waals surface area contributed by atoms with Gasteiger partial charge < -0.3 is 14.2 Å². The third kappa shape index (κ3) is 3.43. The number of benzene rings is 1. The molecule has 0 saturated carbocycles. The lowest BCUT2D eigenvalue weighted by Crippen LogP contribution is -2.42. The van der Waals surface area contributed by atoms with E-state index in [0.29, 0.717) is 25.3 Å². The molecule has 6 heteroatoms. The standard InChI is InChI=1S/C22H22FN3O2/c1-15-12-20(16(2)26(15)19-4-3-9-24-13-19)22(27)25-10-11-28-21(14-25)17-5-7-18(23)8-6-17/h3-9,12-13,21H,10-11,14H2,1-2H3. The van der Waals surface area contributed by atoms with E-state index in [1.54, 1.807) is 24.5 Å². The van der Waals surface area contributed by atoms with Crippen molar-refractivity contribution in [2.45, 2.75) is 20.0 Å². The molecule has 1 atom stereocenters. The molecule has 5 nitrogen and oxygen atoms in total. The van der Waals surface area contributed by atoms with Crippen molar-refractivity contribution in [1.82, 2.24) is 14.5 Å². The summed E-state index contributed by atoms with van der Waals surface area (Å²) in [6.45, 7) is 5.37. The van der Waals surface area contributed by atoms with Crippen molar-refractivity contribution >= 4 is 5.91 Å². The fraction of sp³-hybridized carbons (Fsp3) is 0.273. The number of carbonyl (C=O) groups excluding carboxylic acids is 1. The summed E-state index contributed by atoms with van der Waals surface area (Å²) in [6, 6.07) is 12.0. The smallest absolute Gasteiger partial charge is 0.255 e. The molecule has 1 amide bonds. The minimum atomic E-state index is -0.282. The zero-order valence-electron chi connectivity index (χ0n) is 15.9. The molecule has 3 aromatic rings. The van der Waals surface area contributed by atoms with E-state index in [0.717, 1.165) is 22.6 Å². The lowest BCUT2D eigenvalue weighted by molar-refractivity contribution is -0.0228. The van der Waals surface area contributed by atoms with Gasteiger partial charge in [-0.05, 0) is 49.7 Å². The molecule has 0 spiro atoms. The highest BCUT2D eigenvalue weighted by molar-refractivity contribution is 5.96. The number of morpholine rings is 1. The van der Waals surface area contributed by atoms with Gasteiger partial charge >= 0.3 is 0 Å². The average molecular weight is 379 g/mol. The van der Waals surface area contributed by atoms with Crippen LogP contribution < -0.4 is 0 Å². The Balaban J connectivity index is 1.58. The molecule has 3 heterocycles. The Hall–Kier alpha value is -2.99. The number of hydrogen-bond donors (Lipinski definition) is 0. The van der Waals surface area contributed by atoms with Gasteiger partial charge in [-0.25, -0.2) is 4.39 Å². The van der Waals surface area contributed by atoms with Crippen molar-refractivity contribution in [1.29, 1.82) is 0 Å². The predicted octanol–water partition coefficient (Wildman–Crippen LogP) is 3.84. The zero-order valence-corrected chi connectivity index (χ0v) is 15.9. The van der Waals surface area contributed by atoms with E-state index in [1.165, 1.54) is 12.1 Å². The fourth-order valence-corrected chi connectivity index (χ4v) is 3.75. The number of carbonyl (C=O) groups is 1. The van der Waals surface area contributed by atoms with Gasteiger partial charge in [-0.1, -0.05) is 12.1 Å². The van der Waals surface area contributed by atoms with Gasteiger partial charge in [0, 0.05) is 24.1 Å². The molecule has 2 aromatic heterocycles. The Morgan fingerprint density at radius 2 is 2.00 bits per heavy atom. The van der Waals surface area contributed by atoms with Crippen LogP contribution in [0.15, 0.2) is 54.9 Å². The van der Waals surface area contributed by atoms with E-state index < -0.39 is 0 Å². The van der Waals surface area contributed by atoms with Crippen LogP contribution in [0, 0.1) is 19.7 Å². The summed E-state index contributed by atoms with van der Waals surface area (Å²) in [5, 5.41) is 0. The maximum Gasteiger partial charge on any atom is 0.255 e. The van der Waals surface area contributed by atoms with Crippen LogP contribution in [0.3, 0.4) is 0 Å². The summed E-state index contributed by atoms with van der Waals surface area (Å²) in [5.41, 5.74) is 4.36. The van der Waals surface area contributed by atoms with Crippen molar-refractivity contribution in [3.8, 4) is 5.69 Å². The fourth-order valence-electron chi connectivity index (χ4n) is 3.75. The number of hydrogen-bond acceptors (Lipinski definition) is 3. The van der Waals surface area contributed by atoms with Crippen molar-refractivity contribution in [2.24, 2.45) is 0 Å². The van der Waals surface area contributed by atoms with E-state index in [1.807, 2.05) is 41.5 Å². The van der Waals surface area contributed by atoms with Gasteiger partial charge in [0.2, 0.25) is 0 Å². The Bertz CT molecular complexity index is 983. The molecule has 1 saturated heterocycles. The zero-order chi connectivity index (χ0) is 19.7. The van der Waals surface area contributed by atoms with Crippen LogP contribution in [0.2, 0.25) is 0 Å². The molecule has 1 aliphatic heterocycles. The summed E-state index contributed by atoms with van der Waals surface area (Å²) >= 11 is 0. The highest BCUT2D eigenvalue weighted by Gasteiger charge is 2.28. The van der Waals surface area contributed by atoms with Crippen molar-refractivity contribution in [3.63, 3.8) is 0 Å². The van der Waals surface area contributed by atoms with E-state index >= 15 is 0 Å². The first-order valence-corrected chi connectivity index (χ1v) is 9.30. The molecule has 0 aliphatic carbocycles. The first-order valence-electron chi connectivity index (χ1n) is 9.30. The first kappa shape index (κ1) is 18.4. The number of rotatable bonds is 3. The normalized spacial score (nSPS) is 17.0. The molecule has 28 heavy (non-hydrogen) atoms. The van der Waals surface area contributed by atoms with Gasteiger partial charge in [-0.15, -0.1) is 0 Å². The minimum Gasteiger partial charge on any atom is -0.370 e. The maximum atomic E-state index is 13.2. The lowest BCUT2D eigenvalue weighted by Gasteiger charge is -2.33. The number of amides is 1. The SMILES string of the molecule is Cc1cc(C(=O)N2CCOC(c3ccc(F)cc3)C2)c(C)n1-c1cccnc1. The number of aromatic nitrogens is 2. The molecule has 1 aromatic carbocycles. The van der Waals surface area contributed by atoms with Crippen LogP contribution >= 0.6 is 0 Å². The largest absolute Gasteiger partial charge is 0.370 e. The third-order valence-corrected chi connectivity index (χ3v) is 5.16. The molecule has 4 rings (SSSR count). The molecular formula is C22H22FN3O2. The van der Waals surface area contributed by atoms with Crippen LogP contribution in [-0.4, -0.2) is 40.1 Å². The molecular weight excluding hydrogens is 357 g/mol. The first-order chi connectivity index (χ1) is 13.5. The Labute approximate surface area is 163 Å². The number of ether oxygens (including phenoxy) is 1. The second-order valence-corrected chi connectivity index (χ2v) is 6.99. The number of aryl methyl sites for hydroxylation is 1. The molecule has 1 unspecified atom stereocenters. The lowest BCUT2D eigenvalue weighted by atomic mass is 10.1. The number of halogens is 1. The summed E-state index contributed by atoms with van der Waals surface area (Å²) in [4.78, 5) is 19.2. The Morgan fingerprint density at radius 1 is 1.21 bits per heavy atom. The van der Waals surface area contributed by atoms with Crippen LogP contribution in [0.25, 0.3) is 5.69 Å². The number of nitrogens with zero attached hydrogens (tertiary/aromatic N) is 3. The van der Waals surface area contributed by atoms with E-state index in [-0.39, 0.29) is 17.8 Å². The van der Waals surface area contributed by atoms with Crippen molar-refractivity contribution in [3.05, 3.63) is 83.2 Å². The van der Waals surface area contributed by atoms with E-state index in [9.17, 15) is 9.18 Å². The molecule has 1 aliphatic rings. The van der Waals surface area contributed by atoms with Gasteiger partial charge in [0.05, 0.1) is 30.6 Å². The van der Waals surface area contributed by atoms with E-state index in [2.05, 4.69) is 4.98 Å². The summed E-state index contributed by atoms with van der Waals surface area (Å²) < 4.78 is 21.1. The van der Waals surface area contributed by atoms with Gasteiger partial charge in [0.15, 0.2) is 0 Å². The molecule has 0 bridgehead atoms. The maximum absolute atomic E-state index is 13.2. The van der Waals surface area contributed by atoms with Gasteiger partial charge in [0.1, 0.15) is 11.9 Å². The Morgan fingerprint density at radius 3 is 2.71 bits per heavy atom. The van der Waals surface area contributed by atoms with E-state index in [4.69, 9.17) is 4.74 Å². The van der Waals surface area contributed by atoms with Crippen molar-refractivity contribution < 1.29 is 13.9 Å². The van der Waals surface area contributed by atoms with Crippen molar-refractivity contribution in [2.75, 3.05) is 19.7 Å². The highest BCUT2D eigenvalue weighted by Crippen LogP contribution is 2.26. The minimum absolute atomic E-state index is 0.0151. The van der Waals surface area contributed by atoms with Gasteiger partial charge in [-0.2, -0.15) is 0 Å².